The fraction of sp³-hybridized carbons (Fsp3) is 0.250. The van der Waals surface area contributed by atoms with Gasteiger partial charge in [-0.2, -0.15) is 0 Å². The third kappa shape index (κ3) is 5.12. The molecule has 2 aromatic heterocycles. The molecular weight excluding hydrogens is 438 g/mol. The van der Waals surface area contributed by atoms with E-state index in [1.165, 1.54) is 23.5 Å². The van der Waals surface area contributed by atoms with E-state index in [1.54, 1.807) is 36.8 Å². The van der Waals surface area contributed by atoms with Crippen LogP contribution in [0.3, 0.4) is 0 Å². The molecule has 1 fully saturated rings. The third-order valence-corrected chi connectivity index (χ3v) is 7.55. The standard InChI is InChI=1S/C20H19N5O4S2/c1-13-11-23-20(30-13)24-19(26)18(25-29-12-17-21-9-2-10-22-17)14-3-5-15(6-4-14)31(27,28)16-7-8-16/h2-6,9-11,16H,7-8,12H2,1H3,(H,23,24,26)/b25-18+. The Morgan fingerprint density at radius 3 is 2.52 bits per heavy atom. The summed E-state index contributed by atoms with van der Waals surface area (Å²) >= 11 is 1.33. The van der Waals surface area contributed by atoms with Crippen molar-refractivity contribution in [2.24, 2.45) is 5.16 Å². The van der Waals surface area contributed by atoms with E-state index in [2.05, 4.69) is 25.4 Å². The van der Waals surface area contributed by atoms with Gasteiger partial charge >= 0.3 is 0 Å². The first kappa shape index (κ1) is 21.1. The number of benzene rings is 1. The molecule has 0 saturated heterocycles. The second kappa shape index (κ2) is 8.90. The van der Waals surface area contributed by atoms with Gasteiger partial charge in [0, 0.05) is 29.0 Å². The molecule has 9 nitrogen and oxygen atoms in total. The van der Waals surface area contributed by atoms with Crippen LogP contribution in [0.25, 0.3) is 0 Å². The summed E-state index contributed by atoms with van der Waals surface area (Å²) in [5.41, 5.74) is 0.397. The normalized spacial score (nSPS) is 14.3. The molecule has 1 aromatic carbocycles. The van der Waals surface area contributed by atoms with E-state index in [-0.39, 0.29) is 22.5 Å². The fourth-order valence-electron chi connectivity index (χ4n) is 2.73. The van der Waals surface area contributed by atoms with Gasteiger partial charge in [-0.1, -0.05) is 17.3 Å². The van der Waals surface area contributed by atoms with Crippen molar-refractivity contribution in [2.45, 2.75) is 36.5 Å². The Kier molecular flexibility index (Phi) is 6.05. The summed E-state index contributed by atoms with van der Waals surface area (Å²) in [7, 11) is -3.32. The Balaban J connectivity index is 1.57. The summed E-state index contributed by atoms with van der Waals surface area (Å²) < 4.78 is 24.9. The molecule has 1 aliphatic rings. The second-order valence-electron chi connectivity index (χ2n) is 6.88. The molecule has 1 saturated carbocycles. The number of oxime groups is 1. The van der Waals surface area contributed by atoms with Gasteiger partial charge in [0.15, 0.2) is 33.1 Å². The highest BCUT2D eigenvalue weighted by atomic mass is 32.2. The number of amides is 1. The van der Waals surface area contributed by atoms with Crippen molar-refractivity contribution < 1.29 is 18.0 Å². The first-order valence-corrected chi connectivity index (χ1v) is 11.8. The van der Waals surface area contributed by atoms with Gasteiger partial charge in [0.25, 0.3) is 5.91 Å². The third-order valence-electron chi connectivity index (χ3n) is 4.45. The molecule has 0 atom stereocenters. The maximum absolute atomic E-state index is 12.9. The minimum Gasteiger partial charge on any atom is -0.387 e. The average molecular weight is 458 g/mol. The summed E-state index contributed by atoms with van der Waals surface area (Å²) in [4.78, 5) is 31.6. The van der Waals surface area contributed by atoms with Crippen LogP contribution >= 0.6 is 11.3 Å². The lowest BCUT2D eigenvalue weighted by Gasteiger charge is -2.08. The quantitative estimate of drug-likeness (QED) is 0.407. The van der Waals surface area contributed by atoms with Crippen LogP contribution in [0.15, 0.2) is 59.0 Å². The summed E-state index contributed by atoms with van der Waals surface area (Å²) in [6, 6.07) is 7.74. The number of nitrogens with zero attached hydrogens (tertiary/aromatic N) is 4. The smallest absolute Gasteiger partial charge is 0.280 e. The minimum absolute atomic E-state index is 0.0147. The van der Waals surface area contributed by atoms with Gasteiger partial charge in [-0.15, -0.1) is 11.3 Å². The van der Waals surface area contributed by atoms with Crippen LogP contribution in [0.4, 0.5) is 5.13 Å². The number of aryl methyl sites for hydroxylation is 1. The van der Waals surface area contributed by atoms with E-state index in [4.69, 9.17) is 4.84 Å². The summed E-state index contributed by atoms with van der Waals surface area (Å²) in [5.74, 6) is -0.117. The van der Waals surface area contributed by atoms with E-state index in [0.717, 1.165) is 4.88 Å². The zero-order valence-corrected chi connectivity index (χ0v) is 18.2. The summed E-state index contributed by atoms with van der Waals surface area (Å²) in [5, 5.41) is 6.79. The maximum atomic E-state index is 12.9. The van der Waals surface area contributed by atoms with Crippen molar-refractivity contribution in [3.05, 3.63) is 65.2 Å². The molecule has 3 aromatic rings. The molecular formula is C20H19N5O4S2. The van der Waals surface area contributed by atoms with E-state index in [0.29, 0.717) is 29.4 Å². The Morgan fingerprint density at radius 2 is 1.90 bits per heavy atom. The van der Waals surface area contributed by atoms with Crippen LogP contribution in [-0.2, 0) is 26.1 Å². The molecule has 0 radical (unpaired) electrons. The topological polar surface area (TPSA) is 124 Å². The highest BCUT2D eigenvalue weighted by Gasteiger charge is 2.36. The van der Waals surface area contributed by atoms with Crippen LogP contribution in [0, 0.1) is 6.92 Å². The van der Waals surface area contributed by atoms with Gasteiger partial charge in [-0.3, -0.25) is 10.1 Å². The van der Waals surface area contributed by atoms with Crippen molar-refractivity contribution in [3.8, 4) is 0 Å². The lowest BCUT2D eigenvalue weighted by atomic mass is 10.1. The Bertz CT molecular complexity index is 1200. The molecule has 0 bridgehead atoms. The van der Waals surface area contributed by atoms with E-state index < -0.39 is 15.7 Å². The van der Waals surface area contributed by atoms with Crippen molar-refractivity contribution in [3.63, 3.8) is 0 Å². The predicted octanol–water partition coefficient (Wildman–Crippen LogP) is 2.74. The molecule has 2 heterocycles. The SMILES string of the molecule is Cc1cnc(NC(=O)/C(=N/OCc2ncccn2)c2ccc(S(=O)(=O)C3CC3)cc2)s1. The number of aromatic nitrogens is 3. The molecule has 1 N–H and O–H groups in total. The van der Waals surface area contributed by atoms with Gasteiger partial charge in [-0.25, -0.2) is 23.4 Å². The number of rotatable bonds is 8. The van der Waals surface area contributed by atoms with Crippen molar-refractivity contribution in [1.29, 1.82) is 0 Å². The highest BCUT2D eigenvalue weighted by Crippen LogP contribution is 2.33. The molecule has 0 aliphatic heterocycles. The predicted molar refractivity (Wildman–Crippen MR) is 115 cm³/mol. The molecule has 1 amide bonds. The van der Waals surface area contributed by atoms with E-state index in [1.807, 2.05) is 6.92 Å². The number of nitrogens with one attached hydrogen (secondary N) is 1. The molecule has 0 unspecified atom stereocenters. The number of sulfone groups is 1. The zero-order chi connectivity index (χ0) is 21.8. The molecule has 160 valence electrons. The monoisotopic (exact) mass is 457 g/mol. The van der Waals surface area contributed by atoms with Gasteiger partial charge in [-0.05, 0) is 38.0 Å². The van der Waals surface area contributed by atoms with E-state index in [9.17, 15) is 13.2 Å². The molecule has 0 spiro atoms. The molecule has 1 aliphatic carbocycles. The minimum atomic E-state index is -3.32. The summed E-state index contributed by atoms with van der Waals surface area (Å²) in [6.07, 6.45) is 6.17. The Labute approximate surface area is 183 Å². The van der Waals surface area contributed by atoms with E-state index >= 15 is 0 Å². The largest absolute Gasteiger partial charge is 0.387 e. The fourth-order valence-corrected chi connectivity index (χ4v) is 5.04. The van der Waals surface area contributed by atoms with Crippen molar-refractivity contribution in [1.82, 2.24) is 15.0 Å². The number of thiazole rings is 1. The van der Waals surface area contributed by atoms with Crippen LogP contribution in [0.5, 0.6) is 0 Å². The lowest BCUT2D eigenvalue weighted by Crippen LogP contribution is -2.24. The van der Waals surface area contributed by atoms with Crippen molar-refractivity contribution in [2.75, 3.05) is 5.32 Å². The number of carbonyl (C=O) groups excluding carboxylic acids is 1. The van der Waals surface area contributed by atoms with Crippen LogP contribution in [0.1, 0.15) is 29.1 Å². The van der Waals surface area contributed by atoms with Gasteiger partial charge in [0.1, 0.15) is 0 Å². The lowest BCUT2D eigenvalue weighted by molar-refractivity contribution is -0.110. The van der Waals surface area contributed by atoms with Crippen molar-refractivity contribution >= 4 is 37.9 Å². The molecule has 4 rings (SSSR count). The zero-order valence-electron chi connectivity index (χ0n) is 16.6. The Morgan fingerprint density at radius 1 is 1.19 bits per heavy atom. The Hall–Kier alpha value is -3.18. The first-order valence-electron chi connectivity index (χ1n) is 9.47. The second-order valence-corrected chi connectivity index (χ2v) is 10.3. The van der Waals surface area contributed by atoms with Gasteiger partial charge < -0.3 is 4.84 Å². The number of anilines is 1. The molecule has 11 heteroatoms. The summed E-state index contributed by atoms with van der Waals surface area (Å²) in [6.45, 7) is 1.85. The number of hydrogen-bond acceptors (Lipinski definition) is 9. The van der Waals surface area contributed by atoms with Gasteiger partial charge in [0.2, 0.25) is 0 Å². The van der Waals surface area contributed by atoms with Crippen LogP contribution in [-0.4, -0.2) is 40.2 Å². The first-order chi connectivity index (χ1) is 14.9. The maximum Gasteiger partial charge on any atom is 0.280 e. The number of carbonyl (C=O) groups is 1. The number of hydrogen-bond donors (Lipinski definition) is 1. The molecule has 31 heavy (non-hydrogen) atoms. The average Bonchev–Trinajstić information content (AvgIpc) is 3.56. The van der Waals surface area contributed by atoms with Gasteiger partial charge in [0.05, 0.1) is 10.1 Å². The van der Waals surface area contributed by atoms with Crippen LogP contribution in [0.2, 0.25) is 0 Å². The highest BCUT2D eigenvalue weighted by molar-refractivity contribution is 7.92. The van der Waals surface area contributed by atoms with Crippen LogP contribution < -0.4 is 5.32 Å².